The van der Waals surface area contributed by atoms with Gasteiger partial charge >= 0.3 is 0 Å². The summed E-state index contributed by atoms with van der Waals surface area (Å²) in [5.41, 5.74) is 6.70. The SMILES string of the molecule is Cl.NCCC(=O)NC(Cc1ccc(Cl)cc1)C1CCCCC1. The Hall–Kier alpha value is -0.770. The smallest absolute Gasteiger partial charge is 0.221 e. The standard InChI is InChI=1S/C17H25ClN2O.ClH/c18-15-8-6-13(7-9-15)12-16(20-17(21)10-11-19)14-4-2-1-3-5-14;/h6-9,14,16H,1-5,10-12,19H2,(H,20,21);1H. The molecule has 1 aromatic rings. The number of hydrogen-bond acceptors (Lipinski definition) is 2. The van der Waals surface area contributed by atoms with Gasteiger partial charge in [0.2, 0.25) is 5.91 Å². The average molecular weight is 345 g/mol. The number of nitrogens with one attached hydrogen (secondary N) is 1. The highest BCUT2D eigenvalue weighted by atomic mass is 35.5. The second-order valence-electron chi connectivity index (χ2n) is 5.94. The highest BCUT2D eigenvalue weighted by Gasteiger charge is 2.25. The van der Waals surface area contributed by atoms with Crippen LogP contribution in [0.1, 0.15) is 44.1 Å². The van der Waals surface area contributed by atoms with Crippen LogP contribution in [0.25, 0.3) is 0 Å². The van der Waals surface area contributed by atoms with Gasteiger partial charge in [-0.1, -0.05) is 43.0 Å². The minimum atomic E-state index is 0. The largest absolute Gasteiger partial charge is 0.353 e. The van der Waals surface area contributed by atoms with E-state index in [1.54, 1.807) is 0 Å². The maximum absolute atomic E-state index is 11.9. The molecule has 0 bridgehead atoms. The molecule has 1 saturated carbocycles. The van der Waals surface area contributed by atoms with E-state index in [4.69, 9.17) is 17.3 Å². The number of carbonyl (C=O) groups excluding carboxylic acids is 1. The first-order valence-corrected chi connectivity index (χ1v) is 8.30. The topological polar surface area (TPSA) is 55.1 Å². The summed E-state index contributed by atoms with van der Waals surface area (Å²) in [6, 6.07) is 8.14. The Bertz CT molecular complexity index is 444. The molecule has 0 spiro atoms. The lowest BCUT2D eigenvalue weighted by Crippen LogP contribution is -2.43. The summed E-state index contributed by atoms with van der Waals surface area (Å²) in [6.07, 6.45) is 7.56. The van der Waals surface area contributed by atoms with E-state index in [9.17, 15) is 4.79 Å². The average Bonchev–Trinajstić information content (AvgIpc) is 2.50. The summed E-state index contributed by atoms with van der Waals surface area (Å²) in [4.78, 5) is 11.9. The molecule has 1 aromatic carbocycles. The molecule has 1 aliphatic rings. The third kappa shape index (κ3) is 6.15. The van der Waals surface area contributed by atoms with E-state index in [1.165, 1.54) is 37.7 Å². The lowest BCUT2D eigenvalue weighted by Gasteiger charge is -2.31. The molecular weight excluding hydrogens is 319 g/mol. The quantitative estimate of drug-likeness (QED) is 0.826. The van der Waals surface area contributed by atoms with Gasteiger partial charge in [0, 0.05) is 24.0 Å². The van der Waals surface area contributed by atoms with Crippen molar-refractivity contribution in [1.82, 2.24) is 5.32 Å². The zero-order valence-corrected chi connectivity index (χ0v) is 14.5. The molecule has 0 heterocycles. The van der Waals surface area contributed by atoms with E-state index in [0.29, 0.717) is 18.9 Å². The Morgan fingerprint density at radius 3 is 2.45 bits per heavy atom. The van der Waals surface area contributed by atoms with Crippen molar-refractivity contribution in [2.24, 2.45) is 11.7 Å². The molecule has 1 fully saturated rings. The van der Waals surface area contributed by atoms with Gasteiger partial charge in [0.05, 0.1) is 0 Å². The maximum Gasteiger partial charge on any atom is 0.221 e. The minimum absolute atomic E-state index is 0. The van der Waals surface area contributed by atoms with Gasteiger partial charge in [-0.15, -0.1) is 12.4 Å². The van der Waals surface area contributed by atoms with Crippen LogP contribution in [0.2, 0.25) is 5.02 Å². The highest BCUT2D eigenvalue weighted by Crippen LogP contribution is 2.28. The lowest BCUT2D eigenvalue weighted by atomic mass is 9.81. The maximum atomic E-state index is 11.9. The molecule has 0 aromatic heterocycles. The van der Waals surface area contributed by atoms with Crippen molar-refractivity contribution in [3.8, 4) is 0 Å². The molecule has 0 aliphatic heterocycles. The van der Waals surface area contributed by atoms with Gasteiger partial charge in [-0.25, -0.2) is 0 Å². The molecule has 5 heteroatoms. The Kier molecular flexibility index (Phi) is 8.84. The van der Waals surface area contributed by atoms with Gasteiger partial charge in [-0.3, -0.25) is 4.79 Å². The normalized spacial score (nSPS) is 16.6. The second kappa shape index (κ2) is 10.1. The van der Waals surface area contributed by atoms with Gasteiger partial charge in [-0.05, 0) is 42.9 Å². The van der Waals surface area contributed by atoms with Crippen LogP contribution in [0.4, 0.5) is 0 Å². The van der Waals surface area contributed by atoms with Crippen LogP contribution in [0.15, 0.2) is 24.3 Å². The number of nitrogens with two attached hydrogens (primary N) is 1. The van der Waals surface area contributed by atoms with E-state index in [0.717, 1.165) is 11.4 Å². The van der Waals surface area contributed by atoms with Crippen molar-refractivity contribution in [2.45, 2.75) is 51.0 Å². The molecule has 0 radical (unpaired) electrons. The Morgan fingerprint density at radius 1 is 1.23 bits per heavy atom. The second-order valence-corrected chi connectivity index (χ2v) is 6.38. The molecule has 22 heavy (non-hydrogen) atoms. The third-order valence-electron chi connectivity index (χ3n) is 4.31. The monoisotopic (exact) mass is 344 g/mol. The minimum Gasteiger partial charge on any atom is -0.353 e. The number of benzene rings is 1. The molecule has 1 amide bonds. The first-order valence-electron chi connectivity index (χ1n) is 7.93. The first kappa shape index (κ1) is 19.3. The zero-order chi connectivity index (χ0) is 15.1. The van der Waals surface area contributed by atoms with Gasteiger partial charge < -0.3 is 11.1 Å². The molecule has 1 unspecified atom stereocenters. The Labute approximate surface area is 144 Å². The van der Waals surface area contributed by atoms with Crippen LogP contribution in [0.3, 0.4) is 0 Å². The third-order valence-corrected chi connectivity index (χ3v) is 4.56. The molecule has 0 saturated heterocycles. The summed E-state index contributed by atoms with van der Waals surface area (Å²) >= 11 is 5.94. The Balaban J connectivity index is 0.00000242. The van der Waals surface area contributed by atoms with Crippen LogP contribution in [-0.2, 0) is 11.2 Å². The summed E-state index contributed by atoms with van der Waals surface area (Å²) in [7, 11) is 0. The fourth-order valence-corrected chi connectivity index (χ4v) is 3.28. The number of rotatable bonds is 6. The lowest BCUT2D eigenvalue weighted by molar-refractivity contribution is -0.122. The summed E-state index contributed by atoms with van der Waals surface area (Å²) in [6.45, 7) is 0.407. The highest BCUT2D eigenvalue weighted by molar-refractivity contribution is 6.30. The number of halogens is 2. The molecule has 3 nitrogen and oxygen atoms in total. The summed E-state index contributed by atoms with van der Waals surface area (Å²) < 4.78 is 0. The van der Waals surface area contributed by atoms with Gasteiger partial charge in [0.1, 0.15) is 0 Å². The first-order chi connectivity index (χ1) is 10.2. The van der Waals surface area contributed by atoms with Gasteiger partial charge in [-0.2, -0.15) is 0 Å². The predicted octanol–water partition coefficient (Wildman–Crippen LogP) is 3.72. The van der Waals surface area contributed by atoms with Crippen molar-refractivity contribution >= 4 is 29.9 Å². The van der Waals surface area contributed by atoms with Crippen LogP contribution in [0, 0.1) is 5.92 Å². The van der Waals surface area contributed by atoms with E-state index >= 15 is 0 Å². The van der Waals surface area contributed by atoms with Crippen LogP contribution >= 0.6 is 24.0 Å². The van der Waals surface area contributed by atoms with E-state index in [2.05, 4.69) is 5.32 Å². The van der Waals surface area contributed by atoms with Crippen molar-refractivity contribution in [2.75, 3.05) is 6.54 Å². The fraction of sp³-hybridized carbons (Fsp3) is 0.588. The Morgan fingerprint density at radius 2 is 1.86 bits per heavy atom. The molecule has 3 N–H and O–H groups in total. The van der Waals surface area contributed by atoms with Crippen molar-refractivity contribution in [1.29, 1.82) is 0 Å². The fourth-order valence-electron chi connectivity index (χ4n) is 3.16. The number of hydrogen-bond donors (Lipinski definition) is 2. The van der Waals surface area contributed by atoms with E-state index < -0.39 is 0 Å². The number of amides is 1. The van der Waals surface area contributed by atoms with Gasteiger partial charge in [0.25, 0.3) is 0 Å². The van der Waals surface area contributed by atoms with Crippen molar-refractivity contribution < 1.29 is 4.79 Å². The summed E-state index contributed by atoms with van der Waals surface area (Å²) in [5, 5.41) is 3.95. The van der Waals surface area contributed by atoms with E-state index in [-0.39, 0.29) is 24.4 Å². The van der Waals surface area contributed by atoms with Crippen LogP contribution < -0.4 is 11.1 Å². The molecular formula is C17H26Cl2N2O. The molecule has 1 aliphatic carbocycles. The van der Waals surface area contributed by atoms with Crippen molar-refractivity contribution in [3.05, 3.63) is 34.9 Å². The predicted molar refractivity (Wildman–Crippen MR) is 94.6 cm³/mol. The molecule has 124 valence electrons. The molecule has 2 rings (SSSR count). The van der Waals surface area contributed by atoms with Crippen LogP contribution in [0.5, 0.6) is 0 Å². The van der Waals surface area contributed by atoms with Crippen LogP contribution in [-0.4, -0.2) is 18.5 Å². The summed E-state index contributed by atoms with van der Waals surface area (Å²) in [5.74, 6) is 0.651. The zero-order valence-electron chi connectivity index (χ0n) is 12.9. The van der Waals surface area contributed by atoms with E-state index in [1.807, 2.05) is 24.3 Å². The number of carbonyl (C=O) groups is 1. The van der Waals surface area contributed by atoms with Crippen molar-refractivity contribution in [3.63, 3.8) is 0 Å². The molecule has 1 atom stereocenters. The van der Waals surface area contributed by atoms with Gasteiger partial charge in [0.15, 0.2) is 0 Å².